The summed E-state index contributed by atoms with van der Waals surface area (Å²) >= 11 is 6.02. The minimum atomic E-state index is -0.418. The number of hydrogen-bond acceptors (Lipinski definition) is 3. The highest BCUT2D eigenvalue weighted by atomic mass is 35.5. The first-order valence-electron chi connectivity index (χ1n) is 9.33. The topological polar surface area (TPSA) is 68.2 Å². The summed E-state index contributed by atoms with van der Waals surface area (Å²) in [5.41, 5.74) is 2.91. The number of aryl methyl sites for hydroxylation is 2. The Morgan fingerprint density at radius 3 is 2.52 bits per heavy atom. The number of nitrogens with one attached hydrogen (secondary N) is 2. The maximum Gasteiger partial charge on any atom is 0.316 e. The van der Waals surface area contributed by atoms with Gasteiger partial charge in [-0.1, -0.05) is 41.4 Å². The molecule has 2 amide bonds. The van der Waals surface area contributed by atoms with Crippen LogP contribution in [0.4, 0.5) is 4.79 Å². The van der Waals surface area contributed by atoms with Crippen molar-refractivity contribution in [1.29, 1.82) is 0 Å². The van der Waals surface area contributed by atoms with Gasteiger partial charge >= 0.3 is 6.03 Å². The lowest BCUT2D eigenvalue weighted by atomic mass is 10.0. The summed E-state index contributed by atoms with van der Waals surface area (Å²) < 4.78 is 7.32. The number of aromatic nitrogens is 2. The second kappa shape index (κ2) is 9.01. The summed E-state index contributed by atoms with van der Waals surface area (Å²) in [7, 11) is 3.52. The number of carbonyl (C=O) groups excluding carboxylic acids is 1. The Hall–Kier alpha value is -2.99. The van der Waals surface area contributed by atoms with Gasteiger partial charge in [0, 0.05) is 30.0 Å². The van der Waals surface area contributed by atoms with E-state index in [1.165, 1.54) is 0 Å². The van der Waals surface area contributed by atoms with Gasteiger partial charge in [-0.2, -0.15) is 0 Å². The summed E-state index contributed by atoms with van der Waals surface area (Å²) in [6.07, 6.45) is 3.55. The number of carbonyl (C=O) groups is 1. The summed E-state index contributed by atoms with van der Waals surface area (Å²) in [6, 6.07) is 12.3. The Labute approximate surface area is 175 Å². The van der Waals surface area contributed by atoms with Crippen molar-refractivity contribution in [2.75, 3.05) is 7.11 Å². The van der Waals surface area contributed by atoms with Gasteiger partial charge in [0.05, 0.1) is 13.2 Å². The number of hydrogen-bond donors (Lipinski definition) is 2. The monoisotopic (exact) mass is 412 g/mol. The van der Waals surface area contributed by atoms with Crippen LogP contribution in [-0.2, 0) is 7.05 Å². The fourth-order valence-electron chi connectivity index (χ4n) is 3.25. The molecule has 1 heterocycles. The lowest BCUT2D eigenvalue weighted by Crippen LogP contribution is -2.40. The van der Waals surface area contributed by atoms with Crippen LogP contribution in [-0.4, -0.2) is 22.7 Å². The van der Waals surface area contributed by atoms with Gasteiger partial charge in [0.25, 0.3) is 0 Å². The van der Waals surface area contributed by atoms with Gasteiger partial charge in [0.1, 0.15) is 17.6 Å². The van der Waals surface area contributed by atoms with Crippen molar-refractivity contribution in [3.8, 4) is 5.75 Å². The van der Waals surface area contributed by atoms with E-state index in [1.54, 1.807) is 25.4 Å². The molecule has 0 fully saturated rings. The van der Waals surface area contributed by atoms with Crippen LogP contribution in [0.2, 0.25) is 5.02 Å². The zero-order chi connectivity index (χ0) is 21.0. The Morgan fingerprint density at radius 2 is 1.90 bits per heavy atom. The molecule has 0 radical (unpaired) electrons. The Balaban J connectivity index is 1.81. The van der Waals surface area contributed by atoms with E-state index in [0.717, 1.165) is 28.3 Å². The molecule has 6 nitrogen and oxygen atoms in total. The van der Waals surface area contributed by atoms with Crippen molar-refractivity contribution in [3.05, 3.63) is 82.4 Å². The SMILES string of the molecule is COc1ccc(C)cc1[C@@H](C)NC(=O)N[C@@H](c1ccc(Cl)cc1)c1nccn1C. The molecule has 0 bridgehead atoms. The summed E-state index contributed by atoms with van der Waals surface area (Å²) in [5.74, 6) is 1.46. The maximum atomic E-state index is 12.8. The van der Waals surface area contributed by atoms with E-state index in [-0.39, 0.29) is 12.1 Å². The normalized spacial score (nSPS) is 12.9. The number of amides is 2. The first-order valence-corrected chi connectivity index (χ1v) is 9.71. The average molecular weight is 413 g/mol. The quantitative estimate of drug-likeness (QED) is 0.624. The van der Waals surface area contributed by atoms with Crippen molar-refractivity contribution in [1.82, 2.24) is 20.2 Å². The van der Waals surface area contributed by atoms with Crippen molar-refractivity contribution < 1.29 is 9.53 Å². The van der Waals surface area contributed by atoms with E-state index < -0.39 is 6.04 Å². The molecule has 0 spiro atoms. The summed E-state index contributed by atoms with van der Waals surface area (Å²) in [5, 5.41) is 6.67. The number of rotatable bonds is 6. The number of benzene rings is 2. The molecule has 7 heteroatoms. The number of nitrogens with zero attached hydrogens (tertiary/aromatic N) is 2. The second-order valence-electron chi connectivity index (χ2n) is 6.97. The predicted molar refractivity (Wildman–Crippen MR) is 114 cm³/mol. The van der Waals surface area contributed by atoms with Crippen LogP contribution in [0.1, 0.15) is 41.5 Å². The van der Waals surface area contributed by atoms with Crippen LogP contribution in [0.25, 0.3) is 0 Å². The Morgan fingerprint density at radius 1 is 1.17 bits per heavy atom. The van der Waals surface area contributed by atoms with Gasteiger partial charge in [-0.3, -0.25) is 0 Å². The third kappa shape index (κ3) is 4.90. The molecule has 0 saturated carbocycles. The molecule has 2 aromatic carbocycles. The number of halogens is 1. The van der Waals surface area contributed by atoms with E-state index >= 15 is 0 Å². The van der Waals surface area contributed by atoms with Crippen LogP contribution < -0.4 is 15.4 Å². The number of imidazole rings is 1. The highest BCUT2D eigenvalue weighted by Crippen LogP contribution is 2.27. The van der Waals surface area contributed by atoms with Crippen LogP contribution >= 0.6 is 11.6 Å². The van der Waals surface area contributed by atoms with Gasteiger partial charge in [-0.25, -0.2) is 9.78 Å². The molecule has 0 unspecified atom stereocenters. The fourth-order valence-corrected chi connectivity index (χ4v) is 3.37. The highest BCUT2D eigenvalue weighted by Gasteiger charge is 2.22. The fraction of sp³-hybridized carbons (Fsp3) is 0.273. The Kier molecular flexibility index (Phi) is 6.44. The van der Waals surface area contributed by atoms with E-state index in [2.05, 4.69) is 15.6 Å². The summed E-state index contributed by atoms with van der Waals surface area (Å²) in [6.45, 7) is 3.93. The molecule has 0 saturated heterocycles. The molecule has 3 aromatic rings. The van der Waals surface area contributed by atoms with E-state index in [0.29, 0.717) is 5.02 Å². The molecular weight excluding hydrogens is 388 g/mol. The first-order chi connectivity index (χ1) is 13.9. The average Bonchev–Trinajstić information content (AvgIpc) is 3.12. The minimum absolute atomic E-state index is 0.239. The maximum absolute atomic E-state index is 12.8. The Bertz CT molecular complexity index is 985. The molecule has 29 heavy (non-hydrogen) atoms. The minimum Gasteiger partial charge on any atom is -0.496 e. The molecule has 2 atom stereocenters. The number of ether oxygens (including phenoxy) is 1. The van der Waals surface area contributed by atoms with Crippen molar-refractivity contribution in [2.24, 2.45) is 7.05 Å². The molecular formula is C22H25ClN4O2. The third-order valence-electron chi connectivity index (χ3n) is 4.79. The zero-order valence-electron chi connectivity index (χ0n) is 16.9. The van der Waals surface area contributed by atoms with Gasteiger partial charge in [0.2, 0.25) is 0 Å². The largest absolute Gasteiger partial charge is 0.496 e. The standard InChI is InChI=1S/C22H25ClN4O2/c1-14-5-10-19(29-4)18(13-14)15(2)25-22(28)26-20(21-24-11-12-27(21)3)16-6-8-17(23)9-7-16/h5-13,15,20H,1-4H3,(H2,25,26,28)/t15-,20+/m1/s1. The zero-order valence-corrected chi connectivity index (χ0v) is 17.7. The summed E-state index contributed by atoms with van der Waals surface area (Å²) in [4.78, 5) is 17.3. The van der Waals surface area contributed by atoms with Crippen LogP contribution in [0.15, 0.2) is 54.9 Å². The second-order valence-corrected chi connectivity index (χ2v) is 7.40. The van der Waals surface area contributed by atoms with Crippen molar-refractivity contribution in [3.63, 3.8) is 0 Å². The molecule has 0 aliphatic carbocycles. The van der Waals surface area contributed by atoms with Crippen molar-refractivity contribution in [2.45, 2.75) is 25.9 Å². The predicted octanol–water partition coefficient (Wildman–Crippen LogP) is 4.54. The van der Waals surface area contributed by atoms with Crippen molar-refractivity contribution >= 4 is 17.6 Å². The third-order valence-corrected chi connectivity index (χ3v) is 5.05. The van der Waals surface area contributed by atoms with Gasteiger partial charge in [0.15, 0.2) is 0 Å². The van der Waals surface area contributed by atoms with E-state index in [4.69, 9.17) is 16.3 Å². The number of methoxy groups -OCH3 is 1. The first kappa shape index (κ1) is 20.7. The smallest absolute Gasteiger partial charge is 0.316 e. The van der Waals surface area contributed by atoms with Gasteiger partial charge < -0.3 is 19.9 Å². The molecule has 3 rings (SSSR count). The molecule has 0 aliphatic heterocycles. The van der Waals surface area contributed by atoms with Crippen LogP contribution in [0.5, 0.6) is 5.75 Å². The lowest BCUT2D eigenvalue weighted by Gasteiger charge is -2.22. The highest BCUT2D eigenvalue weighted by molar-refractivity contribution is 6.30. The van der Waals surface area contributed by atoms with Gasteiger partial charge in [-0.15, -0.1) is 0 Å². The molecule has 152 valence electrons. The van der Waals surface area contributed by atoms with Crippen LogP contribution in [0.3, 0.4) is 0 Å². The molecule has 2 N–H and O–H groups in total. The lowest BCUT2D eigenvalue weighted by molar-refractivity contribution is 0.235. The molecule has 0 aliphatic rings. The van der Waals surface area contributed by atoms with E-state index in [1.807, 2.05) is 62.0 Å². The number of urea groups is 1. The molecule has 1 aromatic heterocycles. The van der Waals surface area contributed by atoms with Crippen LogP contribution in [0, 0.1) is 6.92 Å². The van der Waals surface area contributed by atoms with E-state index in [9.17, 15) is 4.79 Å². The van der Waals surface area contributed by atoms with Gasteiger partial charge in [-0.05, 0) is 37.6 Å².